The molecule has 2 rings (SSSR count). The van der Waals surface area contributed by atoms with Crippen LogP contribution in [0.15, 0.2) is 24.3 Å². The van der Waals surface area contributed by atoms with Crippen molar-refractivity contribution in [2.24, 2.45) is 11.8 Å². The van der Waals surface area contributed by atoms with Crippen LogP contribution >= 0.6 is 0 Å². The van der Waals surface area contributed by atoms with E-state index in [9.17, 15) is 9.59 Å². The molecule has 5 heteroatoms. The van der Waals surface area contributed by atoms with E-state index >= 15 is 0 Å². The van der Waals surface area contributed by atoms with Gasteiger partial charge in [0.15, 0.2) is 6.61 Å². The Morgan fingerprint density at radius 3 is 2.42 bits per heavy atom. The maximum absolute atomic E-state index is 12.8. The predicted molar refractivity (Wildman–Crippen MR) is 93.3 cm³/mol. The summed E-state index contributed by atoms with van der Waals surface area (Å²) in [5.74, 6) is 0.396. The van der Waals surface area contributed by atoms with Gasteiger partial charge in [-0.15, -0.1) is 0 Å². The summed E-state index contributed by atoms with van der Waals surface area (Å²) in [5, 5.41) is 8.62. The second-order valence-electron chi connectivity index (χ2n) is 6.56. The summed E-state index contributed by atoms with van der Waals surface area (Å²) >= 11 is 0. The Morgan fingerprint density at radius 2 is 1.88 bits per heavy atom. The van der Waals surface area contributed by atoms with Gasteiger partial charge in [-0.1, -0.05) is 32.6 Å². The first-order chi connectivity index (χ1) is 11.5. The van der Waals surface area contributed by atoms with Gasteiger partial charge in [-0.3, -0.25) is 4.79 Å². The van der Waals surface area contributed by atoms with Gasteiger partial charge >= 0.3 is 5.97 Å². The lowest BCUT2D eigenvalue weighted by Gasteiger charge is -2.25. The minimum absolute atomic E-state index is 0.0704. The molecule has 1 aromatic carbocycles. The molecule has 1 aliphatic carbocycles. The predicted octanol–water partition coefficient (Wildman–Crippen LogP) is 3.72. The molecule has 1 aromatic rings. The van der Waals surface area contributed by atoms with Gasteiger partial charge in [-0.25, -0.2) is 4.79 Å². The third-order valence-corrected chi connectivity index (χ3v) is 4.85. The summed E-state index contributed by atoms with van der Waals surface area (Å²) in [5.41, 5.74) is 0.799. The smallest absolute Gasteiger partial charge is 0.341 e. The molecule has 1 aliphatic rings. The van der Waals surface area contributed by atoms with Crippen LogP contribution in [-0.4, -0.2) is 30.6 Å². The van der Waals surface area contributed by atoms with Gasteiger partial charge in [-0.2, -0.15) is 0 Å². The van der Waals surface area contributed by atoms with Crippen LogP contribution in [0.25, 0.3) is 0 Å². The first kappa shape index (κ1) is 18.3. The number of hydrogen-bond acceptors (Lipinski definition) is 3. The van der Waals surface area contributed by atoms with Gasteiger partial charge in [0.2, 0.25) is 5.91 Å². The molecule has 1 saturated carbocycles. The number of anilines is 1. The number of nitrogens with zero attached hydrogens (tertiary/aromatic N) is 1. The minimum atomic E-state index is -1.01. The second kappa shape index (κ2) is 8.71. The molecule has 1 atom stereocenters. The molecule has 0 spiro atoms. The van der Waals surface area contributed by atoms with Gasteiger partial charge in [0.25, 0.3) is 0 Å². The number of aliphatic carboxylic acids is 1. The summed E-state index contributed by atoms with van der Waals surface area (Å²) in [7, 11) is 1.80. The van der Waals surface area contributed by atoms with E-state index in [4.69, 9.17) is 9.84 Å². The van der Waals surface area contributed by atoms with Crippen molar-refractivity contribution in [1.82, 2.24) is 0 Å². The fourth-order valence-corrected chi connectivity index (χ4v) is 3.40. The number of carboxylic acids is 1. The number of carboxylic acid groups (broad SMARTS) is 1. The molecule has 132 valence electrons. The normalized spacial score (nSPS) is 15.9. The van der Waals surface area contributed by atoms with Crippen molar-refractivity contribution in [3.05, 3.63) is 24.3 Å². The molecule has 5 nitrogen and oxygen atoms in total. The number of amides is 1. The summed E-state index contributed by atoms with van der Waals surface area (Å²) in [6.45, 7) is 1.71. The zero-order valence-corrected chi connectivity index (χ0v) is 14.5. The highest BCUT2D eigenvalue weighted by molar-refractivity contribution is 5.94. The molecule has 0 heterocycles. The van der Waals surface area contributed by atoms with Crippen molar-refractivity contribution in [2.45, 2.75) is 45.4 Å². The van der Waals surface area contributed by atoms with Crippen molar-refractivity contribution in [1.29, 1.82) is 0 Å². The largest absolute Gasteiger partial charge is 0.482 e. The van der Waals surface area contributed by atoms with E-state index < -0.39 is 5.97 Å². The lowest BCUT2D eigenvalue weighted by Crippen LogP contribution is -2.33. The highest BCUT2D eigenvalue weighted by atomic mass is 16.5. The van der Waals surface area contributed by atoms with Crippen LogP contribution in [0.4, 0.5) is 5.69 Å². The van der Waals surface area contributed by atoms with Crippen molar-refractivity contribution in [3.8, 4) is 5.75 Å². The minimum Gasteiger partial charge on any atom is -0.482 e. The highest BCUT2D eigenvalue weighted by Crippen LogP contribution is 2.32. The van der Waals surface area contributed by atoms with E-state index in [1.54, 1.807) is 36.2 Å². The zero-order valence-electron chi connectivity index (χ0n) is 14.5. The van der Waals surface area contributed by atoms with Crippen LogP contribution in [0.5, 0.6) is 5.75 Å². The number of carbonyl (C=O) groups excluding carboxylic acids is 1. The maximum Gasteiger partial charge on any atom is 0.341 e. The Labute approximate surface area is 143 Å². The third kappa shape index (κ3) is 4.98. The molecule has 0 aromatic heterocycles. The molecule has 24 heavy (non-hydrogen) atoms. The SMILES string of the molecule is CCC(CC1CCCC1)C(=O)N(C)c1ccc(OCC(=O)O)cc1. The van der Waals surface area contributed by atoms with Crippen LogP contribution in [0.2, 0.25) is 0 Å². The topological polar surface area (TPSA) is 66.8 Å². The number of benzene rings is 1. The lowest BCUT2D eigenvalue weighted by molar-refractivity contribution is -0.139. The Balaban J connectivity index is 1.96. The van der Waals surface area contributed by atoms with E-state index in [0.717, 1.165) is 18.5 Å². The summed E-state index contributed by atoms with van der Waals surface area (Å²) in [4.78, 5) is 25.0. The molecule has 0 aliphatic heterocycles. The zero-order chi connectivity index (χ0) is 17.5. The number of carbonyl (C=O) groups is 2. The molecule has 1 unspecified atom stereocenters. The first-order valence-corrected chi connectivity index (χ1v) is 8.73. The Hall–Kier alpha value is -2.04. The van der Waals surface area contributed by atoms with Gasteiger partial charge in [0.05, 0.1) is 0 Å². The third-order valence-electron chi connectivity index (χ3n) is 4.85. The fourth-order valence-electron chi connectivity index (χ4n) is 3.40. The Kier molecular flexibility index (Phi) is 6.64. The summed E-state index contributed by atoms with van der Waals surface area (Å²) < 4.78 is 5.12. The van der Waals surface area contributed by atoms with Crippen LogP contribution in [0.3, 0.4) is 0 Å². The average Bonchev–Trinajstić information content (AvgIpc) is 3.10. The Morgan fingerprint density at radius 1 is 1.25 bits per heavy atom. The van der Waals surface area contributed by atoms with Crippen LogP contribution < -0.4 is 9.64 Å². The van der Waals surface area contributed by atoms with Gasteiger partial charge in [0.1, 0.15) is 5.75 Å². The number of ether oxygens (including phenoxy) is 1. The standard InChI is InChI=1S/C19H27NO4/c1-3-15(12-14-6-4-5-7-14)19(23)20(2)16-8-10-17(11-9-16)24-13-18(21)22/h8-11,14-15H,3-7,12-13H2,1-2H3,(H,21,22). The van der Waals surface area contributed by atoms with E-state index in [-0.39, 0.29) is 18.4 Å². The van der Waals surface area contributed by atoms with E-state index in [1.807, 2.05) is 0 Å². The van der Waals surface area contributed by atoms with Crippen LogP contribution in [-0.2, 0) is 9.59 Å². The fraction of sp³-hybridized carbons (Fsp3) is 0.579. The lowest BCUT2D eigenvalue weighted by atomic mass is 9.90. The molecule has 1 amide bonds. The number of rotatable bonds is 8. The van der Waals surface area contributed by atoms with Crippen molar-refractivity contribution < 1.29 is 19.4 Å². The summed E-state index contributed by atoms with van der Waals surface area (Å²) in [6, 6.07) is 6.97. The quantitative estimate of drug-likeness (QED) is 0.787. The average molecular weight is 333 g/mol. The summed E-state index contributed by atoms with van der Waals surface area (Å²) in [6.07, 6.45) is 6.94. The monoisotopic (exact) mass is 333 g/mol. The van der Waals surface area contributed by atoms with Crippen molar-refractivity contribution in [2.75, 3.05) is 18.6 Å². The van der Waals surface area contributed by atoms with Crippen LogP contribution in [0.1, 0.15) is 45.4 Å². The molecule has 0 saturated heterocycles. The van der Waals surface area contributed by atoms with E-state index in [1.165, 1.54) is 25.7 Å². The Bertz CT molecular complexity index is 549. The van der Waals surface area contributed by atoms with Gasteiger partial charge in [-0.05, 0) is 43.0 Å². The molecule has 1 fully saturated rings. The van der Waals surface area contributed by atoms with Crippen molar-refractivity contribution >= 4 is 17.6 Å². The van der Waals surface area contributed by atoms with E-state index in [2.05, 4.69) is 6.92 Å². The molecular weight excluding hydrogens is 306 g/mol. The molecule has 1 N–H and O–H groups in total. The molecular formula is C19H27NO4. The van der Waals surface area contributed by atoms with Gasteiger partial charge < -0.3 is 14.7 Å². The van der Waals surface area contributed by atoms with Crippen molar-refractivity contribution in [3.63, 3.8) is 0 Å². The highest BCUT2D eigenvalue weighted by Gasteiger charge is 2.26. The first-order valence-electron chi connectivity index (χ1n) is 8.73. The molecule has 0 bridgehead atoms. The van der Waals surface area contributed by atoms with Gasteiger partial charge in [0, 0.05) is 18.7 Å². The maximum atomic E-state index is 12.8. The van der Waals surface area contributed by atoms with Crippen LogP contribution in [0, 0.1) is 11.8 Å². The molecule has 0 radical (unpaired) electrons. The second-order valence-corrected chi connectivity index (χ2v) is 6.56. The number of hydrogen-bond donors (Lipinski definition) is 1. The van der Waals surface area contributed by atoms with E-state index in [0.29, 0.717) is 11.7 Å².